The highest BCUT2D eigenvalue weighted by atomic mass is 31.1. The second-order valence-electron chi connectivity index (χ2n) is 7.99. The fourth-order valence-corrected chi connectivity index (χ4v) is 8.04. The molecule has 0 fully saturated rings. The first-order chi connectivity index (χ1) is 13.1. The van der Waals surface area contributed by atoms with Gasteiger partial charge in [-0.15, -0.1) is 0 Å². The maximum atomic E-state index is 14.3. The topological polar surface area (TPSA) is 0 Å². The van der Waals surface area contributed by atoms with Crippen molar-refractivity contribution >= 4 is 32.0 Å². The van der Waals surface area contributed by atoms with Gasteiger partial charge in [-0.05, 0) is 107 Å². The molecule has 148 valence electrons. The Balaban J connectivity index is 1.97. The highest BCUT2D eigenvalue weighted by Crippen LogP contribution is 2.47. The van der Waals surface area contributed by atoms with Crippen LogP contribution in [0, 0.1) is 25.5 Å². The Labute approximate surface area is 170 Å². The summed E-state index contributed by atoms with van der Waals surface area (Å²) in [5.41, 5.74) is 4.16. The summed E-state index contributed by atoms with van der Waals surface area (Å²) in [5.74, 6) is -0.363. The first-order valence-electron chi connectivity index (χ1n) is 9.67. The number of halogens is 2. The lowest BCUT2D eigenvalue weighted by Crippen LogP contribution is -2.23. The van der Waals surface area contributed by atoms with Crippen molar-refractivity contribution in [1.29, 1.82) is 0 Å². The summed E-state index contributed by atoms with van der Waals surface area (Å²) in [6, 6.07) is 11.0. The monoisotopic (exact) mass is 416 g/mol. The predicted molar refractivity (Wildman–Crippen MR) is 122 cm³/mol. The third kappa shape index (κ3) is 4.14. The lowest BCUT2D eigenvalue weighted by Gasteiger charge is -2.28. The predicted octanol–water partition coefficient (Wildman–Crippen LogP) is 6.65. The molecule has 2 aromatic carbocycles. The molecule has 1 atom stereocenters. The first-order valence-corrected chi connectivity index (χ1v) is 12.1. The van der Waals surface area contributed by atoms with E-state index >= 15 is 0 Å². The summed E-state index contributed by atoms with van der Waals surface area (Å²) in [5, 5.41) is 3.52. The molecule has 0 nitrogen and oxygen atoms in total. The van der Waals surface area contributed by atoms with Crippen molar-refractivity contribution in [1.82, 2.24) is 0 Å². The molecule has 0 saturated heterocycles. The van der Waals surface area contributed by atoms with Crippen LogP contribution >= 0.6 is 16.1 Å². The molecule has 0 radical (unpaired) electrons. The minimum atomic E-state index is -0.820. The molecule has 0 bridgehead atoms. The van der Waals surface area contributed by atoms with Crippen molar-refractivity contribution in [3.05, 3.63) is 70.3 Å². The van der Waals surface area contributed by atoms with Crippen molar-refractivity contribution < 1.29 is 8.78 Å². The van der Waals surface area contributed by atoms with Gasteiger partial charge >= 0.3 is 0 Å². The standard InChI is InChI=1S/C24H28F2P2/c1-15-7-9-20(13-22(15)25)28(21-10-8-16(2)23(26)14-21)12-11-24(6)18(4)17(3)19(5)27-24/h7-10,13-14H,11-12H2,1-6H3. The lowest BCUT2D eigenvalue weighted by molar-refractivity contribution is 0.619. The van der Waals surface area contributed by atoms with Crippen LogP contribution in [0.1, 0.15) is 45.2 Å². The number of benzene rings is 2. The Morgan fingerprint density at radius 3 is 1.75 bits per heavy atom. The van der Waals surface area contributed by atoms with Gasteiger partial charge in [0.15, 0.2) is 0 Å². The van der Waals surface area contributed by atoms with Crippen molar-refractivity contribution in [2.75, 3.05) is 6.16 Å². The van der Waals surface area contributed by atoms with Gasteiger partial charge in [0.05, 0.1) is 0 Å². The normalized spacial score (nSPS) is 20.1. The number of hydrogen-bond acceptors (Lipinski definition) is 0. The molecule has 0 N–H and O–H groups in total. The van der Waals surface area contributed by atoms with E-state index in [2.05, 4.69) is 27.7 Å². The van der Waals surface area contributed by atoms with Gasteiger partial charge < -0.3 is 0 Å². The second kappa shape index (κ2) is 8.17. The van der Waals surface area contributed by atoms with E-state index in [1.165, 1.54) is 24.6 Å². The van der Waals surface area contributed by atoms with Gasteiger partial charge in [-0.3, -0.25) is 0 Å². The zero-order valence-corrected chi connectivity index (χ0v) is 19.3. The molecule has 1 aliphatic rings. The smallest absolute Gasteiger partial charge is 0.126 e. The molecule has 0 amide bonds. The average Bonchev–Trinajstić information content (AvgIpc) is 2.84. The molecule has 1 unspecified atom stereocenters. The van der Waals surface area contributed by atoms with Crippen molar-refractivity contribution in [3.8, 4) is 0 Å². The molecular formula is C24H28F2P2. The zero-order chi connectivity index (χ0) is 20.6. The van der Waals surface area contributed by atoms with Crippen LogP contribution in [0.5, 0.6) is 0 Å². The molecule has 0 spiro atoms. The van der Waals surface area contributed by atoms with E-state index < -0.39 is 7.92 Å². The summed E-state index contributed by atoms with van der Waals surface area (Å²) in [4.78, 5) is 0. The maximum absolute atomic E-state index is 14.3. The third-order valence-corrected chi connectivity index (χ3v) is 10.3. The van der Waals surface area contributed by atoms with Crippen LogP contribution in [0.4, 0.5) is 8.78 Å². The van der Waals surface area contributed by atoms with Crippen molar-refractivity contribution in [2.45, 2.75) is 53.1 Å². The summed E-state index contributed by atoms with van der Waals surface area (Å²) in [7, 11) is 0.545. The number of aryl methyl sites for hydroxylation is 2. The van der Waals surface area contributed by atoms with E-state index in [4.69, 9.17) is 0 Å². The van der Waals surface area contributed by atoms with E-state index in [-0.39, 0.29) is 16.8 Å². The summed E-state index contributed by atoms with van der Waals surface area (Å²) < 4.78 is 28.6. The minimum absolute atomic E-state index is 0.112. The van der Waals surface area contributed by atoms with Crippen LogP contribution < -0.4 is 10.6 Å². The van der Waals surface area contributed by atoms with Gasteiger partial charge in [0.1, 0.15) is 11.6 Å². The van der Waals surface area contributed by atoms with Gasteiger partial charge in [0, 0.05) is 5.16 Å². The Hall–Kier alpha value is -1.36. The Morgan fingerprint density at radius 1 is 0.857 bits per heavy atom. The molecule has 4 heteroatoms. The summed E-state index contributed by atoms with van der Waals surface area (Å²) >= 11 is 0. The molecule has 0 saturated carbocycles. The number of allylic oxidation sites excluding steroid dienone is 2. The zero-order valence-electron chi connectivity index (χ0n) is 17.5. The first kappa shape index (κ1) is 21.4. The van der Waals surface area contributed by atoms with Crippen LogP contribution in [0.25, 0.3) is 0 Å². The fourth-order valence-electron chi connectivity index (χ4n) is 3.69. The fraction of sp³-hybridized carbons (Fsp3) is 0.375. The van der Waals surface area contributed by atoms with Gasteiger partial charge in [0.25, 0.3) is 0 Å². The highest BCUT2D eigenvalue weighted by molar-refractivity contribution is 7.73. The largest absolute Gasteiger partial charge is 0.207 e. The quantitative estimate of drug-likeness (QED) is 0.479. The van der Waals surface area contributed by atoms with Crippen LogP contribution in [-0.2, 0) is 0 Å². The van der Waals surface area contributed by atoms with E-state index in [1.54, 1.807) is 26.0 Å². The van der Waals surface area contributed by atoms with E-state index in [0.29, 0.717) is 11.1 Å². The van der Waals surface area contributed by atoms with Crippen LogP contribution in [0.2, 0.25) is 0 Å². The van der Waals surface area contributed by atoms with Gasteiger partial charge in [-0.1, -0.05) is 38.0 Å². The molecule has 0 aromatic heterocycles. The van der Waals surface area contributed by atoms with E-state index in [9.17, 15) is 8.78 Å². The van der Waals surface area contributed by atoms with Gasteiger partial charge in [-0.2, -0.15) is 0 Å². The average molecular weight is 416 g/mol. The van der Waals surface area contributed by atoms with Crippen molar-refractivity contribution in [3.63, 3.8) is 0 Å². The Morgan fingerprint density at radius 2 is 1.36 bits per heavy atom. The van der Waals surface area contributed by atoms with Crippen LogP contribution in [0.15, 0.2) is 47.5 Å². The number of rotatable bonds is 5. The molecule has 2 aromatic rings. The molecule has 0 aliphatic carbocycles. The SMILES string of the molecule is CC1=PC(C)(CCP(c2ccc(C)c(F)c2)c2ccc(C)c(F)c2)C(C)=C1C. The van der Waals surface area contributed by atoms with Gasteiger partial charge in [-0.25, -0.2) is 8.78 Å². The maximum Gasteiger partial charge on any atom is 0.126 e. The molecule has 3 rings (SSSR count). The third-order valence-electron chi connectivity index (χ3n) is 6.08. The minimum Gasteiger partial charge on any atom is -0.207 e. The Bertz CT molecular complexity index is 923. The Kier molecular flexibility index (Phi) is 6.23. The second-order valence-corrected chi connectivity index (χ2v) is 12.2. The number of hydrogen-bond donors (Lipinski definition) is 0. The molecule has 1 aliphatic heterocycles. The summed E-state index contributed by atoms with van der Waals surface area (Å²) in [6.07, 6.45) is 1.92. The summed E-state index contributed by atoms with van der Waals surface area (Å²) in [6.45, 7) is 12.5. The van der Waals surface area contributed by atoms with Crippen LogP contribution in [0.3, 0.4) is 0 Å². The lowest BCUT2D eigenvalue weighted by atomic mass is 9.94. The van der Waals surface area contributed by atoms with E-state index in [0.717, 1.165) is 23.2 Å². The highest BCUT2D eigenvalue weighted by Gasteiger charge is 2.32. The van der Waals surface area contributed by atoms with Crippen LogP contribution in [-0.4, -0.2) is 16.6 Å². The van der Waals surface area contributed by atoms with Crippen molar-refractivity contribution in [2.24, 2.45) is 0 Å². The molecule has 1 heterocycles. The molecular weight excluding hydrogens is 388 g/mol. The van der Waals surface area contributed by atoms with Gasteiger partial charge in [0.2, 0.25) is 0 Å². The molecule has 28 heavy (non-hydrogen) atoms. The van der Waals surface area contributed by atoms with E-state index in [1.807, 2.05) is 24.3 Å².